The number of ether oxygens (including phenoxy) is 1. The van der Waals surface area contributed by atoms with Crippen molar-refractivity contribution in [3.63, 3.8) is 0 Å². The van der Waals surface area contributed by atoms with Gasteiger partial charge < -0.3 is 14.5 Å². The van der Waals surface area contributed by atoms with Crippen molar-refractivity contribution in [1.82, 2.24) is 15.1 Å². The maximum Gasteiger partial charge on any atom is 0.260 e. The zero-order valence-corrected chi connectivity index (χ0v) is 21.6. The molecule has 1 aliphatic heterocycles. The van der Waals surface area contributed by atoms with Crippen LogP contribution in [0.1, 0.15) is 16.7 Å². The van der Waals surface area contributed by atoms with E-state index in [1.807, 2.05) is 59.5 Å². The summed E-state index contributed by atoms with van der Waals surface area (Å²) in [6.07, 6.45) is 0. The van der Waals surface area contributed by atoms with Gasteiger partial charge in [0, 0.05) is 31.7 Å². The van der Waals surface area contributed by atoms with Crippen LogP contribution in [0.4, 0.5) is 5.82 Å². The number of piperazine rings is 1. The van der Waals surface area contributed by atoms with Crippen LogP contribution in [0.25, 0.3) is 22.4 Å². The van der Waals surface area contributed by atoms with E-state index in [4.69, 9.17) is 4.74 Å². The Kier molecular flexibility index (Phi) is 7.17. The first-order valence-electron chi connectivity index (χ1n) is 12.7. The second-order valence-electron chi connectivity index (χ2n) is 9.58. The highest BCUT2D eigenvalue weighted by atomic mass is 16.5. The van der Waals surface area contributed by atoms with Crippen molar-refractivity contribution in [1.29, 1.82) is 0 Å². The number of hydrogen-bond acceptors (Lipinski definition) is 5. The molecule has 0 N–H and O–H groups in total. The lowest BCUT2D eigenvalue weighted by Gasteiger charge is -2.35. The highest BCUT2D eigenvalue weighted by Crippen LogP contribution is 2.26. The van der Waals surface area contributed by atoms with E-state index in [1.165, 1.54) is 16.7 Å². The number of rotatable bonds is 6. The molecule has 37 heavy (non-hydrogen) atoms. The van der Waals surface area contributed by atoms with Crippen molar-refractivity contribution in [2.45, 2.75) is 20.8 Å². The molecule has 188 valence electrons. The molecule has 6 nitrogen and oxygen atoms in total. The molecule has 0 aliphatic carbocycles. The van der Waals surface area contributed by atoms with Gasteiger partial charge in [0.25, 0.3) is 5.91 Å². The smallest absolute Gasteiger partial charge is 0.260 e. The highest BCUT2D eigenvalue weighted by Gasteiger charge is 2.22. The van der Waals surface area contributed by atoms with E-state index < -0.39 is 0 Å². The normalized spacial score (nSPS) is 13.5. The van der Waals surface area contributed by atoms with E-state index in [9.17, 15) is 4.79 Å². The molecule has 0 unspecified atom stereocenters. The van der Waals surface area contributed by atoms with E-state index in [-0.39, 0.29) is 12.5 Å². The third-order valence-electron chi connectivity index (χ3n) is 7.05. The topological polar surface area (TPSA) is 58.6 Å². The highest BCUT2D eigenvalue weighted by molar-refractivity contribution is 5.78. The number of hydrogen-bond donors (Lipinski definition) is 0. The number of carbonyl (C=O) groups excluding carboxylic acids is 1. The fourth-order valence-corrected chi connectivity index (χ4v) is 4.67. The van der Waals surface area contributed by atoms with Gasteiger partial charge in [0.15, 0.2) is 12.4 Å². The molecule has 1 aromatic heterocycles. The van der Waals surface area contributed by atoms with E-state index in [2.05, 4.69) is 60.1 Å². The lowest BCUT2D eigenvalue weighted by molar-refractivity contribution is -0.133. The zero-order valence-electron chi connectivity index (χ0n) is 21.6. The lowest BCUT2D eigenvalue weighted by Crippen LogP contribution is -2.50. The van der Waals surface area contributed by atoms with E-state index >= 15 is 0 Å². The van der Waals surface area contributed by atoms with E-state index in [0.29, 0.717) is 31.9 Å². The molecule has 1 amide bonds. The Labute approximate surface area is 218 Å². The number of nitrogens with zero attached hydrogens (tertiary/aromatic N) is 4. The van der Waals surface area contributed by atoms with Crippen LogP contribution >= 0.6 is 0 Å². The molecular weight excluding hydrogens is 460 g/mol. The monoisotopic (exact) mass is 492 g/mol. The van der Waals surface area contributed by atoms with Crippen LogP contribution in [-0.4, -0.2) is 53.8 Å². The molecule has 2 heterocycles. The number of benzene rings is 3. The van der Waals surface area contributed by atoms with Gasteiger partial charge in [0.05, 0.1) is 5.69 Å². The van der Waals surface area contributed by atoms with Crippen LogP contribution in [0.5, 0.6) is 5.75 Å². The first-order valence-corrected chi connectivity index (χ1v) is 12.7. The number of anilines is 1. The predicted octanol–water partition coefficient (Wildman–Crippen LogP) is 5.46. The SMILES string of the molecule is Cc1cc(C)c(-c2ccc(N3CCN(C(=O)COc4ccc(-c5ccccc5)cc4)CC3)nn2)cc1C. The number of amides is 1. The van der Waals surface area contributed by atoms with Gasteiger partial charge in [-0.15, -0.1) is 10.2 Å². The Bertz CT molecular complexity index is 1360. The molecule has 0 spiro atoms. The van der Waals surface area contributed by atoms with Crippen molar-refractivity contribution in [2.75, 3.05) is 37.7 Å². The number of aryl methyl sites for hydroxylation is 3. The van der Waals surface area contributed by atoms with E-state index in [1.54, 1.807) is 0 Å². The van der Waals surface area contributed by atoms with Crippen molar-refractivity contribution >= 4 is 11.7 Å². The molecule has 1 fully saturated rings. The van der Waals surface area contributed by atoms with Gasteiger partial charge in [-0.25, -0.2) is 0 Å². The van der Waals surface area contributed by atoms with Crippen LogP contribution in [0.3, 0.4) is 0 Å². The van der Waals surface area contributed by atoms with Crippen molar-refractivity contribution in [3.05, 3.63) is 95.6 Å². The number of aromatic nitrogens is 2. The second kappa shape index (κ2) is 10.8. The minimum atomic E-state index is -0.00145. The fourth-order valence-electron chi connectivity index (χ4n) is 4.67. The molecule has 5 rings (SSSR count). The summed E-state index contributed by atoms with van der Waals surface area (Å²) in [5.41, 5.74) is 8.01. The Morgan fingerprint density at radius 2 is 1.43 bits per heavy atom. The zero-order chi connectivity index (χ0) is 25.8. The van der Waals surface area contributed by atoms with Crippen LogP contribution < -0.4 is 9.64 Å². The summed E-state index contributed by atoms with van der Waals surface area (Å²) in [5.74, 6) is 1.53. The first kappa shape index (κ1) is 24.5. The van der Waals surface area contributed by atoms with E-state index in [0.717, 1.165) is 28.2 Å². The van der Waals surface area contributed by atoms with Crippen molar-refractivity contribution < 1.29 is 9.53 Å². The van der Waals surface area contributed by atoms with Crippen molar-refractivity contribution in [3.8, 4) is 28.1 Å². The Morgan fingerprint density at radius 1 is 0.757 bits per heavy atom. The Morgan fingerprint density at radius 3 is 2.11 bits per heavy atom. The minimum absolute atomic E-state index is 0.00145. The van der Waals surface area contributed by atoms with Gasteiger partial charge in [-0.05, 0) is 78.9 Å². The molecule has 1 saturated heterocycles. The maximum absolute atomic E-state index is 12.7. The fraction of sp³-hybridized carbons (Fsp3) is 0.258. The molecule has 4 aromatic rings. The average Bonchev–Trinajstić information content (AvgIpc) is 2.95. The summed E-state index contributed by atoms with van der Waals surface area (Å²) < 4.78 is 5.78. The third-order valence-corrected chi connectivity index (χ3v) is 7.05. The molecule has 0 saturated carbocycles. The van der Waals surface area contributed by atoms with Crippen LogP contribution in [0.2, 0.25) is 0 Å². The largest absolute Gasteiger partial charge is 0.484 e. The summed E-state index contributed by atoms with van der Waals surface area (Å²) in [5, 5.41) is 9.00. The van der Waals surface area contributed by atoms with Gasteiger partial charge >= 0.3 is 0 Å². The quantitative estimate of drug-likeness (QED) is 0.358. The van der Waals surface area contributed by atoms with Gasteiger partial charge in [0.1, 0.15) is 5.75 Å². The molecule has 0 radical (unpaired) electrons. The lowest BCUT2D eigenvalue weighted by atomic mass is 9.99. The van der Waals surface area contributed by atoms with Crippen LogP contribution in [-0.2, 0) is 4.79 Å². The molecular formula is C31H32N4O2. The molecule has 0 atom stereocenters. The molecule has 1 aliphatic rings. The summed E-state index contributed by atoms with van der Waals surface area (Å²) in [6.45, 7) is 9.09. The maximum atomic E-state index is 12.7. The van der Waals surface area contributed by atoms with Gasteiger partial charge in [0.2, 0.25) is 0 Å². The Hall–Kier alpha value is -4.19. The first-order chi connectivity index (χ1) is 18.0. The summed E-state index contributed by atoms with van der Waals surface area (Å²) in [6, 6.07) is 26.5. The predicted molar refractivity (Wildman–Crippen MR) is 148 cm³/mol. The van der Waals surface area contributed by atoms with Gasteiger partial charge in [-0.1, -0.05) is 48.5 Å². The van der Waals surface area contributed by atoms with Crippen molar-refractivity contribution in [2.24, 2.45) is 0 Å². The van der Waals surface area contributed by atoms with Gasteiger partial charge in [-0.2, -0.15) is 0 Å². The standard InChI is InChI=1S/C31H32N4O2/c1-22-19-24(3)28(20-23(22)2)29-13-14-30(33-32-29)34-15-17-35(18-16-34)31(36)21-37-27-11-9-26(10-12-27)25-7-5-4-6-8-25/h4-14,19-20H,15-18,21H2,1-3H3. The molecule has 6 heteroatoms. The number of carbonyl (C=O) groups is 1. The molecule has 3 aromatic carbocycles. The average molecular weight is 493 g/mol. The van der Waals surface area contributed by atoms with Gasteiger partial charge in [-0.3, -0.25) is 4.79 Å². The Balaban J connectivity index is 1.13. The summed E-state index contributed by atoms with van der Waals surface area (Å²) in [4.78, 5) is 16.8. The van der Waals surface area contributed by atoms with Crippen LogP contribution in [0, 0.1) is 20.8 Å². The summed E-state index contributed by atoms with van der Waals surface area (Å²) >= 11 is 0. The summed E-state index contributed by atoms with van der Waals surface area (Å²) in [7, 11) is 0. The molecule has 0 bridgehead atoms. The third kappa shape index (κ3) is 5.64. The van der Waals surface area contributed by atoms with Crippen LogP contribution in [0.15, 0.2) is 78.9 Å². The second-order valence-corrected chi connectivity index (χ2v) is 9.58. The minimum Gasteiger partial charge on any atom is -0.484 e.